The van der Waals surface area contributed by atoms with Gasteiger partial charge in [-0.05, 0) is 0 Å². The van der Waals surface area contributed by atoms with E-state index in [1.165, 1.54) is 6.33 Å². The van der Waals surface area contributed by atoms with Crippen LogP contribution in [0.1, 0.15) is 25.3 Å². The normalized spacial score (nSPS) is 27.8. The highest BCUT2D eigenvalue weighted by Crippen LogP contribution is 2.39. The summed E-state index contributed by atoms with van der Waals surface area (Å²) < 4.78 is 50.8. The van der Waals surface area contributed by atoms with Crippen LogP contribution in [0.15, 0.2) is 22.1 Å². The van der Waals surface area contributed by atoms with E-state index in [4.69, 9.17) is 36.5 Å². The van der Waals surface area contributed by atoms with Gasteiger partial charge in [0.1, 0.15) is 48.5 Å². The standard InChI is InChI=1S/C19H21FN7O9PS/c20-7-3-26(19(31)24-16(7)30)12-1-8(29)11(35-12)5-33-37(32)36-9-2-13(34-10(9)4-28)27-6-22-14-15(27)23-18(21)25-17(14)38/h3,6,8-13,28-29H,1-2,4-5H2,(H3-,21,23,24,25,30,31,38)/p+1/t8?,9?,10-,11-,12-,13-/m1/s1. The third-order valence-corrected chi connectivity index (χ3v) is 7.23. The predicted molar refractivity (Wildman–Crippen MR) is 127 cm³/mol. The second-order valence-electron chi connectivity index (χ2n) is 8.56. The van der Waals surface area contributed by atoms with Crippen molar-refractivity contribution in [3.63, 3.8) is 0 Å². The number of nitrogens with zero attached hydrogens (tertiary/aromatic N) is 4. The molecule has 38 heavy (non-hydrogen) atoms. The van der Waals surface area contributed by atoms with Crippen LogP contribution in [0, 0.1) is 10.5 Å². The molecule has 2 saturated heterocycles. The number of ether oxygens (including phenoxy) is 2. The van der Waals surface area contributed by atoms with Gasteiger partial charge in [0.15, 0.2) is 10.6 Å². The van der Waals surface area contributed by atoms with Crippen molar-refractivity contribution in [2.45, 2.75) is 49.7 Å². The average molecular weight is 574 g/mol. The number of rotatable bonds is 8. The third kappa shape index (κ3) is 5.16. The molecule has 3 aromatic heterocycles. The van der Waals surface area contributed by atoms with Crippen LogP contribution in [-0.2, 0) is 23.1 Å². The molecule has 6 N–H and O–H groups in total. The van der Waals surface area contributed by atoms with Crippen LogP contribution in [0.3, 0.4) is 0 Å². The van der Waals surface area contributed by atoms with Crippen molar-refractivity contribution in [2.75, 3.05) is 18.9 Å². The van der Waals surface area contributed by atoms with Crippen LogP contribution < -0.4 is 17.0 Å². The maximum Gasteiger partial charge on any atom is 0.697 e. The predicted octanol–water partition coefficient (Wildman–Crippen LogP) is -0.252. The van der Waals surface area contributed by atoms with E-state index in [1.54, 1.807) is 9.55 Å². The number of aromatic amines is 2. The molecule has 204 valence electrons. The highest BCUT2D eigenvalue weighted by Gasteiger charge is 2.45. The summed E-state index contributed by atoms with van der Waals surface area (Å²) in [5.41, 5.74) is 4.50. The van der Waals surface area contributed by atoms with E-state index in [0.717, 1.165) is 4.57 Å². The fourth-order valence-electron chi connectivity index (χ4n) is 4.30. The van der Waals surface area contributed by atoms with Crippen LogP contribution in [0.25, 0.3) is 11.2 Å². The zero-order chi connectivity index (χ0) is 27.1. The quantitative estimate of drug-likeness (QED) is 0.173. The lowest BCUT2D eigenvalue weighted by molar-refractivity contribution is -0.0493. The molecule has 0 amide bonds. The second-order valence-corrected chi connectivity index (χ2v) is 9.87. The van der Waals surface area contributed by atoms with Gasteiger partial charge in [0.2, 0.25) is 5.82 Å². The summed E-state index contributed by atoms with van der Waals surface area (Å²) in [6, 6.07) is 0. The number of nitrogen functional groups attached to an aromatic ring is 1. The number of hydrogen-bond donors (Lipinski definition) is 5. The Bertz CT molecular complexity index is 1540. The van der Waals surface area contributed by atoms with Gasteiger partial charge in [-0.2, -0.15) is 4.39 Å². The van der Waals surface area contributed by atoms with Gasteiger partial charge in [0.05, 0.1) is 25.2 Å². The van der Waals surface area contributed by atoms with E-state index in [9.17, 15) is 28.8 Å². The molecule has 2 aliphatic heterocycles. The number of anilines is 1. The lowest BCUT2D eigenvalue weighted by Crippen LogP contribution is -2.34. The van der Waals surface area contributed by atoms with Crippen molar-refractivity contribution in [3.8, 4) is 0 Å². The zero-order valence-electron chi connectivity index (χ0n) is 19.3. The summed E-state index contributed by atoms with van der Waals surface area (Å²) in [5, 5.41) is 20.0. The van der Waals surface area contributed by atoms with Crippen molar-refractivity contribution in [2.24, 2.45) is 0 Å². The number of H-pyrrole nitrogens is 2. The fraction of sp³-hybridized carbons (Fsp3) is 0.526. The third-order valence-electron chi connectivity index (χ3n) is 6.14. The van der Waals surface area contributed by atoms with E-state index in [1.807, 2.05) is 0 Å². The zero-order valence-corrected chi connectivity index (χ0v) is 21.0. The fourth-order valence-corrected chi connectivity index (χ4v) is 5.32. The summed E-state index contributed by atoms with van der Waals surface area (Å²) in [6.45, 7) is -0.823. The molecule has 7 atom stereocenters. The van der Waals surface area contributed by atoms with Gasteiger partial charge < -0.3 is 30.4 Å². The van der Waals surface area contributed by atoms with Crippen LogP contribution in [0.4, 0.5) is 10.3 Å². The maximum atomic E-state index is 13.6. The lowest BCUT2D eigenvalue weighted by Gasteiger charge is -2.14. The number of fused-ring (bicyclic) bond motifs is 1. The van der Waals surface area contributed by atoms with Crippen molar-refractivity contribution in [1.82, 2.24) is 29.1 Å². The molecule has 0 bridgehead atoms. The van der Waals surface area contributed by atoms with Gasteiger partial charge in [0.25, 0.3) is 5.56 Å². The highest BCUT2D eigenvalue weighted by atomic mass is 32.1. The van der Waals surface area contributed by atoms with Crippen LogP contribution >= 0.6 is 20.5 Å². The molecule has 2 fully saturated rings. The van der Waals surface area contributed by atoms with Crippen LogP contribution in [0.5, 0.6) is 0 Å². The van der Waals surface area contributed by atoms with Crippen molar-refractivity contribution in [1.29, 1.82) is 0 Å². The van der Waals surface area contributed by atoms with Crippen molar-refractivity contribution in [3.05, 3.63) is 43.8 Å². The minimum atomic E-state index is -2.75. The van der Waals surface area contributed by atoms with Gasteiger partial charge in [-0.15, -0.1) is 9.05 Å². The molecule has 5 rings (SSSR count). The first-order chi connectivity index (χ1) is 18.1. The van der Waals surface area contributed by atoms with Crippen molar-refractivity contribution < 1.29 is 37.7 Å². The van der Waals surface area contributed by atoms with E-state index < -0.39 is 68.8 Å². The largest absolute Gasteiger partial charge is 0.697 e. The molecule has 3 aromatic rings. The maximum absolute atomic E-state index is 13.6. The molecule has 5 heterocycles. The summed E-state index contributed by atoms with van der Waals surface area (Å²) in [6.07, 6.45) is -3.40. The Morgan fingerprint density at radius 1 is 1.24 bits per heavy atom. The first-order valence-electron chi connectivity index (χ1n) is 11.2. The Morgan fingerprint density at radius 2 is 1.97 bits per heavy atom. The van der Waals surface area contributed by atoms with E-state index in [-0.39, 0.29) is 30.0 Å². The van der Waals surface area contributed by atoms with E-state index in [0.29, 0.717) is 17.4 Å². The van der Waals surface area contributed by atoms with Crippen LogP contribution in [-0.4, -0.2) is 76.9 Å². The van der Waals surface area contributed by atoms with Crippen LogP contribution in [0.2, 0.25) is 0 Å². The number of nitrogens with one attached hydrogen (secondary N) is 2. The van der Waals surface area contributed by atoms with Gasteiger partial charge in [-0.25, -0.2) is 14.8 Å². The average Bonchev–Trinajstić information content (AvgIpc) is 3.56. The molecular formula is C19H22FN7O9PS+. The van der Waals surface area contributed by atoms with E-state index >= 15 is 0 Å². The molecule has 0 spiro atoms. The molecule has 3 unspecified atom stereocenters. The molecule has 0 saturated carbocycles. The minimum Gasteiger partial charge on any atom is -0.394 e. The first-order valence-corrected chi connectivity index (χ1v) is 12.7. The molecule has 19 heteroatoms. The van der Waals surface area contributed by atoms with Gasteiger partial charge in [0, 0.05) is 17.4 Å². The molecule has 0 aliphatic carbocycles. The molecule has 16 nitrogen and oxygen atoms in total. The molecular weight excluding hydrogens is 552 g/mol. The number of nitrogens with two attached hydrogens (primary N) is 1. The Morgan fingerprint density at radius 3 is 2.74 bits per heavy atom. The number of aromatic nitrogens is 6. The number of aliphatic hydroxyl groups excluding tert-OH is 2. The molecule has 0 radical (unpaired) electrons. The number of imidazole rings is 1. The summed E-state index contributed by atoms with van der Waals surface area (Å²) >= 11 is 5.17. The van der Waals surface area contributed by atoms with Gasteiger partial charge >= 0.3 is 13.9 Å². The summed E-state index contributed by atoms with van der Waals surface area (Å²) in [7, 11) is -2.75. The minimum absolute atomic E-state index is 0.0827. The van der Waals surface area contributed by atoms with Gasteiger partial charge in [-0.1, -0.05) is 12.2 Å². The monoisotopic (exact) mass is 574 g/mol. The Kier molecular flexibility index (Phi) is 7.47. The Labute approximate surface area is 217 Å². The topological polar surface area (TPSA) is 222 Å². The SMILES string of the molecule is Nc1nc(=S)c2ncn([C@H]3CC(O[P+](=O)OC[C@H]4O[C@@H](n5cc(F)c(=O)[nH]c5=O)CC4O)[C@@H](CO)O3)c2[nH]1. The molecule has 2 aliphatic rings. The number of halogens is 1. The van der Waals surface area contributed by atoms with E-state index in [2.05, 4.69) is 15.0 Å². The number of aliphatic hydroxyl groups is 2. The second kappa shape index (κ2) is 10.7. The highest BCUT2D eigenvalue weighted by molar-refractivity contribution is 7.71. The Balaban J connectivity index is 1.20. The lowest BCUT2D eigenvalue weighted by atomic mass is 10.2. The first kappa shape index (κ1) is 26.6. The number of hydrogen-bond acceptors (Lipinski definition) is 13. The summed E-state index contributed by atoms with van der Waals surface area (Å²) in [4.78, 5) is 36.0. The van der Waals surface area contributed by atoms with Gasteiger partial charge in [-0.3, -0.25) is 18.9 Å². The smallest absolute Gasteiger partial charge is 0.394 e. The molecule has 0 aromatic carbocycles. The summed E-state index contributed by atoms with van der Waals surface area (Å²) in [5.74, 6) is -1.11. The van der Waals surface area contributed by atoms with Crippen molar-refractivity contribution >= 4 is 37.6 Å². The Hall–Kier alpha value is -2.96.